The lowest BCUT2D eigenvalue weighted by Crippen LogP contribution is -2.32. The van der Waals surface area contributed by atoms with Crippen LogP contribution in [0.25, 0.3) is 10.9 Å². The molecule has 1 aromatic carbocycles. The summed E-state index contributed by atoms with van der Waals surface area (Å²) in [6.45, 7) is 2.68. The van der Waals surface area contributed by atoms with Gasteiger partial charge >= 0.3 is 0 Å². The zero-order chi connectivity index (χ0) is 19.5. The third-order valence-electron chi connectivity index (χ3n) is 4.56. The molecule has 0 spiro atoms. The molecule has 0 fully saturated rings. The number of hydrogen-bond donors (Lipinski definition) is 1. The van der Waals surface area contributed by atoms with E-state index < -0.39 is 0 Å². The van der Waals surface area contributed by atoms with Crippen molar-refractivity contribution in [1.29, 1.82) is 0 Å². The van der Waals surface area contributed by atoms with E-state index in [1.807, 2.05) is 48.7 Å². The predicted octanol–water partition coefficient (Wildman–Crippen LogP) is 4.14. The number of H-pyrrole nitrogens is 1. The molecule has 1 amide bonds. The Morgan fingerprint density at radius 1 is 1.14 bits per heavy atom. The van der Waals surface area contributed by atoms with Crippen LogP contribution in [0.4, 0.5) is 0 Å². The molecule has 4 rings (SSSR count). The number of carbonyl (C=O) groups excluding carboxylic acids is 1. The number of nitrogens with one attached hydrogen (secondary N) is 1. The smallest absolute Gasteiger partial charge is 0.256 e. The minimum Gasteiger partial charge on any atom is -0.329 e. The first-order chi connectivity index (χ1) is 13.6. The zero-order valence-corrected chi connectivity index (χ0v) is 16.2. The van der Waals surface area contributed by atoms with Crippen molar-refractivity contribution in [2.75, 3.05) is 0 Å². The molecule has 0 bridgehead atoms. The van der Waals surface area contributed by atoms with Gasteiger partial charge in [0.2, 0.25) is 0 Å². The number of aryl methyl sites for hydroxylation is 1. The molecule has 3 aromatic heterocycles. The van der Waals surface area contributed by atoms with E-state index in [1.54, 1.807) is 40.8 Å². The van der Waals surface area contributed by atoms with Crippen molar-refractivity contribution in [3.8, 4) is 0 Å². The topological polar surface area (TPSA) is 66.1 Å². The minimum atomic E-state index is -0.175. The molecular weight excluding hydrogens is 370 g/mol. The van der Waals surface area contributed by atoms with Crippen LogP contribution in [0.3, 0.4) is 0 Å². The maximum atomic E-state index is 13.1. The molecular formula is C22H19N3O2S. The van der Waals surface area contributed by atoms with Gasteiger partial charge < -0.3 is 9.88 Å². The Morgan fingerprint density at radius 3 is 2.79 bits per heavy atom. The number of pyridine rings is 2. The summed E-state index contributed by atoms with van der Waals surface area (Å²) >= 11 is 1.59. The quantitative estimate of drug-likeness (QED) is 0.558. The molecule has 0 saturated carbocycles. The van der Waals surface area contributed by atoms with Crippen molar-refractivity contribution in [2.24, 2.45) is 0 Å². The average Bonchev–Trinajstić information content (AvgIpc) is 3.21. The van der Waals surface area contributed by atoms with E-state index in [-0.39, 0.29) is 18.0 Å². The Morgan fingerprint density at radius 2 is 2.04 bits per heavy atom. The lowest BCUT2D eigenvalue weighted by Gasteiger charge is -2.22. The SMILES string of the molecule is Cc1ccc2[nH]c(=O)c(CN(Cc3cccs3)C(=O)c3cccnc3)cc2c1. The van der Waals surface area contributed by atoms with Gasteiger partial charge in [-0.15, -0.1) is 11.3 Å². The molecule has 140 valence electrons. The van der Waals surface area contributed by atoms with Crippen LogP contribution in [-0.2, 0) is 13.1 Å². The molecule has 0 aliphatic rings. The number of carbonyl (C=O) groups is 1. The second-order valence-electron chi connectivity index (χ2n) is 6.70. The van der Waals surface area contributed by atoms with E-state index >= 15 is 0 Å². The summed E-state index contributed by atoms with van der Waals surface area (Å²) < 4.78 is 0. The number of amides is 1. The van der Waals surface area contributed by atoms with Crippen molar-refractivity contribution in [2.45, 2.75) is 20.0 Å². The number of nitrogens with zero attached hydrogens (tertiary/aromatic N) is 2. The maximum absolute atomic E-state index is 13.1. The Labute approximate surface area is 166 Å². The monoisotopic (exact) mass is 389 g/mol. The zero-order valence-electron chi connectivity index (χ0n) is 15.4. The van der Waals surface area contributed by atoms with Gasteiger partial charge in [0.15, 0.2) is 0 Å². The van der Waals surface area contributed by atoms with E-state index in [4.69, 9.17) is 0 Å². The second-order valence-corrected chi connectivity index (χ2v) is 7.73. The number of rotatable bonds is 5. The molecule has 0 radical (unpaired) electrons. The van der Waals surface area contributed by atoms with Gasteiger partial charge in [-0.3, -0.25) is 14.6 Å². The van der Waals surface area contributed by atoms with Gasteiger partial charge in [-0.05, 0) is 54.1 Å². The fraction of sp³-hybridized carbons (Fsp3) is 0.136. The lowest BCUT2D eigenvalue weighted by atomic mass is 10.1. The molecule has 28 heavy (non-hydrogen) atoms. The standard InChI is InChI=1S/C22H19N3O2S/c1-15-6-7-20-17(10-15)11-18(21(26)24-20)13-25(14-19-5-3-9-28-19)22(27)16-4-2-8-23-12-16/h2-12H,13-14H2,1H3,(H,24,26). The summed E-state index contributed by atoms with van der Waals surface area (Å²) in [5.41, 5.74) is 2.81. The lowest BCUT2D eigenvalue weighted by molar-refractivity contribution is 0.0731. The molecule has 0 saturated heterocycles. The number of aromatic nitrogens is 2. The fourth-order valence-corrected chi connectivity index (χ4v) is 3.88. The average molecular weight is 389 g/mol. The summed E-state index contributed by atoms with van der Waals surface area (Å²) in [6, 6.07) is 15.2. The third-order valence-corrected chi connectivity index (χ3v) is 5.42. The first-order valence-corrected chi connectivity index (χ1v) is 9.82. The Bertz CT molecular complexity index is 1170. The number of fused-ring (bicyclic) bond motifs is 1. The van der Waals surface area contributed by atoms with Gasteiger partial charge in [0, 0.05) is 28.4 Å². The minimum absolute atomic E-state index is 0.148. The second kappa shape index (κ2) is 7.78. The predicted molar refractivity (Wildman–Crippen MR) is 111 cm³/mol. The van der Waals surface area contributed by atoms with E-state index in [2.05, 4.69) is 9.97 Å². The highest BCUT2D eigenvalue weighted by atomic mass is 32.1. The van der Waals surface area contributed by atoms with Crippen LogP contribution in [0.5, 0.6) is 0 Å². The molecule has 1 N–H and O–H groups in total. The van der Waals surface area contributed by atoms with E-state index in [0.717, 1.165) is 21.3 Å². The molecule has 0 aliphatic carbocycles. The van der Waals surface area contributed by atoms with Gasteiger partial charge in [-0.2, -0.15) is 0 Å². The Balaban J connectivity index is 1.71. The van der Waals surface area contributed by atoms with Gasteiger partial charge in [-0.25, -0.2) is 0 Å². The third kappa shape index (κ3) is 3.87. The Kier molecular flexibility index (Phi) is 5.04. The van der Waals surface area contributed by atoms with Crippen molar-refractivity contribution in [3.63, 3.8) is 0 Å². The van der Waals surface area contributed by atoms with Crippen molar-refractivity contribution < 1.29 is 4.79 Å². The summed E-state index contributed by atoms with van der Waals surface area (Å²) in [4.78, 5) is 35.4. The van der Waals surface area contributed by atoms with Crippen molar-refractivity contribution in [1.82, 2.24) is 14.9 Å². The van der Waals surface area contributed by atoms with Crippen LogP contribution in [0.2, 0.25) is 0 Å². The van der Waals surface area contributed by atoms with Gasteiger partial charge in [0.25, 0.3) is 11.5 Å². The van der Waals surface area contributed by atoms with E-state index in [1.165, 1.54) is 0 Å². The highest BCUT2D eigenvalue weighted by Gasteiger charge is 2.19. The first-order valence-electron chi connectivity index (χ1n) is 8.94. The summed E-state index contributed by atoms with van der Waals surface area (Å²) in [6.07, 6.45) is 3.19. The summed E-state index contributed by atoms with van der Waals surface area (Å²) in [5, 5.41) is 2.94. The van der Waals surface area contributed by atoms with E-state index in [0.29, 0.717) is 17.7 Å². The maximum Gasteiger partial charge on any atom is 0.256 e. The molecule has 5 nitrogen and oxygen atoms in total. The molecule has 0 unspecified atom stereocenters. The van der Waals surface area contributed by atoms with Crippen molar-refractivity contribution >= 4 is 28.1 Å². The molecule has 0 aliphatic heterocycles. The largest absolute Gasteiger partial charge is 0.329 e. The van der Waals surface area contributed by atoms with Crippen LogP contribution in [0, 0.1) is 6.92 Å². The van der Waals surface area contributed by atoms with Crippen LogP contribution in [0.15, 0.2) is 71.1 Å². The van der Waals surface area contributed by atoms with E-state index in [9.17, 15) is 9.59 Å². The number of hydrogen-bond acceptors (Lipinski definition) is 4. The number of benzene rings is 1. The van der Waals surface area contributed by atoms with Gasteiger partial charge in [-0.1, -0.05) is 17.7 Å². The highest BCUT2D eigenvalue weighted by Crippen LogP contribution is 2.18. The van der Waals surface area contributed by atoms with Crippen molar-refractivity contribution in [3.05, 3.63) is 98.2 Å². The molecule has 3 heterocycles. The number of aromatic amines is 1. The summed E-state index contributed by atoms with van der Waals surface area (Å²) in [7, 11) is 0. The first kappa shape index (κ1) is 18.1. The summed E-state index contributed by atoms with van der Waals surface area (Å²) in [5.74, 6) is -0.148. The van der Waals surface area contributed by atoms with Gasteiger partial charge in [0.05, 0.1) is 18.7 Å². The molecule has 6 heteroatoms. The normalized spacial score (nSPS) is 10.9. The Hall–Kier alpha value is -3.25. The van der Waals surface area contributed by atoms with Crippen LogP contribution < -0.4 is 5.56 Å². The molecule has 4 aromatic rings. The van der Waals surface area contributed by atoms with Crippen LogP contribution in [0.1, 0.15) is 26.4 Å². The van der Waals surface area contributed by atoms with Crippen LogP contribution >= 0.6 is 11.3 Å². The fourth-order valence-electron chi connectivity index (χ4n) is 3.16. The van der Waals surface area contributed by atoms with Crippen LogP contribution in [-0.4, -0.2) is 20.8 Å². The highest BCUT2D eigenvalue weighted by molar-refractivity contribution is 7.09. The van der Waals surface area contributed by atoms with Gasteiger partial charge in [0.1, 0.15) is 0 Å². The molecule has 0 atom stereocenters. The number of thiophene rings is 1.